The second-order valence-corrected chi connectivity index (χ2v) is 8.27. The SMILES string of the molecule is COc1ccc(C2(C(=O)N[C@@H](c3cc(=O)[nH]c(-c4cccnc4)n3)C(C)C)CC2)cc1. The first-order valence-corrected chi connectivity index (χ1v) is 10.4. The van der Waals surface area contributed by atoms with E-state index in [0.717, 1.165) is 24.2 Å². The number of pyridine rings is 1. The molecule has 160 valence electrons. The van der Waals surface area contributed by atoms with Crippen molar-refractivity contribution in [3.63, 3.8) is 0 Å². The van der Waals surface area contributed by atoms with Gasteiger partial charge in [-0.3, -0.25) is 14.6 Å². The van der Waals surface area contributed by atoms with E-state index in [1.165, 1.54) is 6.07 Å². The molecule has 1 saturated carbocycles. The molecule has 0 saturated heterocycles. The Kier molecular flexibility index (Phi) is 5.59. The first kappa shape index (κ1) is 20.8. The van der Waals surface area contributed by atoms with Crippen LogP contribution in [0, 0.1) is 5.92 Å². The first-order valence-electron chi connectivity index (χ1n) is 10.4. The number of aromatic amines is 1. The van der Waals surface area contributed by atoms with Crippen LogP contribution in [0.25, 0.3) is 11.4 Å². The molecular formula is C24H26N4O3. The van der Waals surface area contributed by atoms with Crippen molar-refractivity contribution >= 4 is 5.91 Å². The fraction of sp³-hybridized carbons (Fsp3) is 0.333. The lowest BCUT2D eigenvalue weighted by atomic mass is 9.93. The standard InChI is InChI=1S/C24H26N4O3/c1-15(2)21(19-13-20(29)27-22(26-19)16-5-4-12-25-14-16)28-23(30)24(10-11-24)17-6-8-18(31-3)9-7-17/h4-9,12-15,21H,10-11H2,1-3H3,(H,28,30)(H,26,27,29)/t21-/m1/s1. The molecule has 0 bridgehead atoms. The van der Waals surface area contributed by atoms with Crippen LogP contribution < -0.4 is 15.6 Å². The summed E-state index contributed by atoms with van der Waals surface area (Å²) in [6, 6.07) is 12.3. The van der Waals surface area contributed by atoms with Gasteiger partial charge in [-0.25, -0.2) is 4.98 Å². The molecule has 1 aliphatic rings. The maximum atomic E-state index is 13.3. The predicted octanol–water partition coefficient (Wildman–Crippen LogP) is 3.39. The van der Waals surface area contributed by atoms with Gasteiger partial charge in [-0.2, -0.15) is 0 Å². The number of nitrogens with one attached hydrogen (secondary N) is 2. The highest BCUT2D eigenvalue weighted by molar-refractivity contribution is 5.91. The average Bonchev–Trinajstić information content (AvgIpc) is 3.59. The van der Waals surface area contributed by atoms with E-state index in [2.05, 4.69) is 20.3 Å². The van der Waals surface area contributed by atoms with Crippen LogP contribution in [0.1, 0.15) is 44.0 Å². The number of carbonyl (C=O) groups excluding carboxylic acids is 1. The van der Waals surface area contributed by atoms with Crippen molar-refractivity contribution in [2.75, 3.05) is 7.11 Å². The van der Waals surface area contributed by atoms with Crippen LogP contribution in [0.2, 0.25) is 0 Å². The van der Waals surface area contributed by atoms with E-state index in [1.54, 1.807) is 25.6 Å². The Balaban J connectivity index is 1.62. The van der Waals surface area contributed by atoms with E-state index < -0.39 is 5.41 Å². The molecule has 2 N–H and O–H groups in total. The van der Waals surface area contributed by atoms with Gasteiger partial charge in [-0.05, 0) is 48.6 Å². The topological polar surface area (TPSA) is 97.0 Å². The molecule has 31 heavy (non-hydrogen) atoms. The number of benzene rings is 1. The van der Waals surface area contributed by atoms with Gasteiger partial charge in [-0.1, -0.05) is 26.0 Å². The summed E-state index contributed by atoms with van der Waals surface area (Å²) in [6.07, 6.45) is 4.89. The number of H-pyrrole nitrogens is 1. The van der Waals surface area contributed by atoms with Crippen LogP contribution in [0.5, 0.6) is 5.75 Å². The zero-order chi connectivity index (χ0) is 22.0. The van der Waals surface area contributed by atoms with Crippen molar-refractivity contribution in [2.45, 2.75) is 38.1 Å². The Morgan fingerprint density at radius 3 is 2.52 bits per heavy atom. The summed E-state index contributed by atoms with van der Waals surface area (Å²) in [5.74, 6) is 1.20. The molecule has 1 amide bonds. The van der Waals surface area contributed by atoms with Gasteiger partial charge < -0.3 is 15.0 Å². The summed E-state index contributed by atoms with van der Waals surface area (Å²) in [5, 5.41) is 3.17. The minimum absolute atomic E-state index is 0.0404. The van der Waals surface area contributed by atoms with Crippen molar-refractivity contribution in [1.82, 2.24) is 20.3 Å². The normalized spacial score (nSPS) is 15.4. The summed E-state index contributed by atoms with van der Waals surface area (Å²) < 4.78 is 5.23. The lowest BCUT2D eigenvalue weighted by Crippen LogP contribution is -2.40. The van der Waals surface area contributed by atoms with Crippen molar-refractivity contribution in [1.29, 1.82) is 0 Å². The predicted molar refractivity (Wildman–Crippen MR) is 118 cm³/mol. The molecule has 0 aliphatic heterocycles. The second-order valence-electron chi connectivity index (χ2n) is 8.27. The summed E-state index contributed by atoms with van der Waals surface area (Å²) in [4.78, 5) is 37.2. The van der Waals surface area contributed by atoms with Gasteiger partial charge in [0.1, 0.15) is 11.6 Å². The molecule has 0 unspecified atom stereocenters. The number of hydrogen-bond acceptors (Lipinski definition) is 5. The van der Waals surface area contributed by atoms with Gasteiger partial charge in [0.2, 0.25) is 5.91 Å². The molecule has 2 aromatic heterocycles. The molecule has 2 heterocycles. The quantitative estimate of drug-likeness (QED) is 0.613. The van der Waals surface area contributed by atoms with Gasteiger partial charge >= 0.3 is 0 Å². The zero-order valence-corrected chi connectivity index (χ0v) is 17.9. The molecule has 3 aromatic rings. The number of carbonyl (C=O) groups is 1. The molecule has 0 radical (unpaired) electrons. The van der Waals surface area contributed by atoms with Crippen LogP contribution in [-0.2, 0) is 10.2 Å². The molecule has 1 atom stereocenters. The summed E-state index contributed by atoms with van der Waals surface area (Å²) in [5.41, 5.74) is 1.43. The largest absolute Gasteiger partial charge is 0.497 e. The van der Waals surface area contributed by atoms with E-state index in [4.69, 9.17) is 4.74 Å². The average molecular weight is 418 g/mol. The second kappa shape index (κ2) is 8.34. The van der Waals surface area contributed by atoms with Crippen LogP contribution >= 0.6 is 0 Å². The highest BCUT2D eigenvalue weighted by Crippen LogP contribution is 2.49. The van der Waals surface area contributed by atoms with Crippen LogP contribution in [0.4, 0.5) is 0 Å². The number of nitrogens with zero attached hydrogens (tertiary/aromatic N) is 2. The summed E-state index contributed by atoms with van der Waals surface area (Å²) in [6.45, 7) is 4.01. The van der Waals surface area contributed by atoms with Gasteiger partial charge in [0.25, 0.3) is 5.56 Å². The van der Waals surface area contributed by atoms with Crippen LogP contribution in [0.3, 0.4) is 0 Å². The van der Waals surface area contributed by atoms with Crippen LogP contribution in [-0.4, -0.2) is 28.0 Å². The van der Waals surface area contributed by atoms with Gasteiger partial charge in [-0.15, -0.1) is 0 Å². The Hall–Kier alpha value is -3.48. The Morgan fingerprint density at radius 1 is 1.19 bits per heavy atom. The van der Waals surface area contributed by atoms with Gasteiger partial charge in [0.05, 0.1) is 24.3 Å². The van der Waals surface area contributed by atoms with Crippen molar-refractivity contribution in [3.8, 4) is 17.1 Å². The fourth-order valence-electron chi connectivity index (χ4n) is 3.82. The Morgan fingerprint density at radius 2 is 1.94 bits per heavy atom. The third kappa shape index (κ3) is 4.21. The van der Waals surface area contributed by atoms with Crippen molar-refractivity contribution in [3.05, 3.63) is 76.5 Å². The highest BCUT2D eigenvalue weighted by atomic mass is 16.5. The third-order valence-electron chi connectivity index (χ3n) is 5.80. The number of rotatable bonds is 7. The summed E-state index contributed by atoms with van der Waals surface area (Å²) in [7, 11) is 1.62. The molecule has 1 fully saturated rings. The monoisotopic (exact) mass is 418 g/mol. The first-order chi connectivity index (χ1) is 14.9. The number of methoxy groups -OCH3 is 1. The lowest BCUT2D eigenvalue weighted by molar-refractivity contribution is -0.124. The number of hydrogen-bond donors (Lipinski definition) is 2. The van der Waals surface area contributed by atoms with E-state index in [0.29, 0.717) is 17.1 Å². The zero-order valence-electron chi connectivity index (χ0n) is 17.9. The van der Waals surface area contributed by atoms with Crippen molar-refractivity contribution < 1.29 is 9.53 Å². The molecule has 7 heteroatoms. The minimum Gasteiger partial charge on any atom is -0.497 e. The van der Waals surface area contributed by atoms with Gasteiger partial charge in [0, 0.05) is 24.0 Å². The molecule has 0 spiro atoms. The minimum atomic E-state index is -0.535. The van der Waals surface area contributed by atoms with Crippen LogP contribution in [0.15, 0.2) is 59.7 Å². The Labute approximate surface area is 180 Å². The third-order valence-corrected chi connectivity index (χ3v) is 5.80. The molecular weight excluding hydrogens is 392 g/mol. The lowest BCUT2D eigenvalue weighted by Gasteiger charge is -2.25. The molecule has 4 rings (SSSR count). The van der Waals surface area contributed by atoms with E-state index >= 15 is 0 Å². The van der Waals surface area contributed by atoms with Gasteiger partial charge in [0.15, 0.2) is 0 Å². The highest BCUT2D eigenvalue weighted by Gasteiger charge is 2.51. The van der Waals surface area contributed by atoms with E-state index in [-0.39, 0.29) is 23.4 Å². The maximum Gasteiger partial charge on any atom is 0.251 e. The van der Waals surface area contributed by atoms with Crippen molar-refractivity contribution in [2.24, 2.45) is 5.92 Å². The van der Waals surface area contributed by atoms with E-state index in [9.17, 15) is 9.59 Å². The smallest absolute Gasteiger partial charge is 0.251 e. The Bertz CT molecular complexity index is 1120. The molecule has 1 aromatic carbocycles. The molecule has 1 aliphatic carbocycles. The number of amides is 1. The molecule has 7 nitrogen and oxygen atoms in total. The fourth-order valence-corrected chi connectivity index (χ4v) is 3.82. The number of ether oxygens (including phenoxy) is 1. The van der Waals surface area contributed by atoms with E-state index in [1.807, 2.05) is 44.2 Å². The summed E-state index contributed by atoms with van der Waals surface area (Å²) >= 11 is 0. The number of aromatic nitrogens is 3. The maximum absolute atomic E-state index is 13.3.